The number of alkyl halides is 3. The van der Waals surface area contributed by atoms with E-state index >= 15 is 0 Å². The number of hydrazine groups is 1. The van der Waals surface area contributed by atoms with Gasteiger partial charge in [-0.1, -0.05) is 42.5 Å². The Balaban J connectivity index is 1.50. The second-order valence-electron chi connectivity index (χ2n) is 8.76. The minimum Gasteiger partial charge on any atom is -0.348 e. The van der Waals surface area contributed by atoms with Crippen LogP contribution in [0.1, 0.15) is 24.1 Å². The fraction of sp³-hybridized carbons (Fsp3) is 0.269. The molecule has 1 aliphatic rings. The van der Waals surface area contributed by atoms with Gasteiger partial charge in [0.2, 0.25) is 5.95 Å². The van der Waals surface area contributed by atoms with E-state index < -0.39 is 11.7 Å². The molecular weight excluding hydrogens is 481 g/mol. The zero-order chi connectivity index (χ0) is 25.8. The Morgan fingerprint density at radius 2 is 1.76 bits per heavy atom. The standard InChI is InChI=1S/C26H27F3N8/c1-18(19-6-3-2-4-7-19)32-25-31-11-10-23(34-25)37-17-22(35-36-14-12-30-13-15-36)33-24(37)20-8-5-9-21(16-20)26(27,28)29/h2-11,16-18,30,35H,12-15H2,1H3,(H,31,32,34)/t18-/m0/s1. The van der Waals surface area contributed by atoms with Gasteiger partial charge in [-0.05, 0) is 30.7 Å². The van der Waals surface area contributed by atoms with Gasteiger partial charge in [-0.25, -0.2) is 15.0 Å². The van der Waals surface area contributed by atoms with E-state index in [-0.39, 0.29) is 6.04 Å². The Kier molecular flexibility index (Phi) is 7.06. The van der Waals surface area contributed by atoms with Crippen molar-refractivity contribution in [1.29, 1.82) is 0 Å². The summed E-state index contributed by atoms with van der Waals surface area (Å²) in [7, 11) is 0. The van der Waals surface area contributed by atoms with Gasteiger partial charge in [0.05, 0.1) is 17.8 Å². The molecule has 8 nitrogen and oxygen atoms in total. The van der Waals surface area contributed by atoms with Crippen molar-refractivity contribution >= 4 is 11.8 Å². The van der Waals surface area contributed by atoms with Gasteiger partial charge in [0.1, 0.15) is 11.6 Å². The molecular formula is C26H27F3N8. The monoisotopic (exact) mass is 508 g/mol. The van der Waals surface area contributed by atoms with Crippen LogP contribution in [0, 0.1) is 0 Å². The number of benzene rings is 2. The van der Waals surface area contributed by atoms with E-state index in [0.717, 1.165) is 43.9 Å². The van der Waals surface area contributed by atoms with Crippen molar-refractivity contribution in [3.8, 4) is 17.2 Å². The lowest BCUT2D eigenvalue weighted by Crippen LogP contribution is -2.46. The van der Waals surface area contributed by atoms with Crippen molar-refractivity contribution in [1.82, 2.24) is 29.8 Å². The Morgan fingerprint density at radius 1 is 0.973 bits per heavy atom. The van der Waals surface area contributed by atoms with Crippen LogP contribution >= 0.6 is 0 Å². The van der Waals surface area contributed by atoms with Crippen LogP contribution in [0.4, 0.5) is 24.9 Å². The second kappa shape index (κ2) is 10.6. The summed E-state index contributed by atoms with van der Waals surface area (Å²) in [5, 5.41) is 8.60. The van der Waals surface area contributed by atoms with Gasteiger partial charge in [0, 0.05) is 37.9 Å². The van der Waals surface area contributed by atoms with Gasteiger partial charge >= 0.3 is 6.18 Å². The minimum absolute atomic E-state index is 0.0490. The first-order valence-corrected chi connectivity index (χ1v) is 12.0. The second-order valence-corrected chi connectivity index (χ2v) is 8.76. The van der Waals surface area contributed by atoms with E-state index in [0.29, 0.717) is 29.0 Å². The van der Waals surface area contributed by atoms with E-state index in [1.807, 2.05) is 42.3 Å². The van der Waals surface area contributed by atoms with Crippen LogP contribution in [0.25, 0.3) is 17.2 Å². The topological polar surface area (TPSA) is 82.9 Å². The maximum absolute atomic E-state index is 13.5. The molecule has 2 aromatic carbocycles. The van der Waals surface area contributed by atoms with Crippen LogP contribution in [0.15, 0.2) is 73.1 Å². The average Bonchev–Trinajstić information content (AvgIpc) is 3.33. The summed E-state index contributed by atoms with van der Waals surface area (Å²) in [4.78, 5) is 13.7. The lowest BCUT2D eigenvalue weighted by molar-refractivity contribution is -0.137. The van der Waals surface area contributed by atoms with Crippen LogP contribution in [-0.4, -0.2) is 50.7 Å². The van der Waals surface area contributed by atoms with Crippen molar-refractivity contribution < 1.29 is 13.2 Å². The smallest absolute Gasteiger partial charge is 0.348 e. The number of anilines is 2. The van der Waals surface area contributed by atoms with Gasteiger partial charge in [-0.15, -0.1) is 0 Å². The fourth-order valence-corrected chi connectivity index (χ4v) is 4.16. The molecule has 5 rings (SSSR count). The molecule has 0 bridgehead atoms. The quantitative estimate of drug-likeness (QED) is 0.332. The van der Waals surface area contributed by atoms with Gasteiger partial charge in [0.25, 0.3) is 0 Å². The molecule has 4 aromatic rings. The molecule has 0 unspecified atom stereocenters. The molecule has 0 amide bonds. The summed E-state index contributed by atoms with van der Waals surface area (Å²) >= 11 is 0. The molecule has 192 valence electrons. The predicted molar refractivity (Wildman–Crippen MR) is 136 cm³/mol. The average molecular weight is 509 g/mol. The van der Waals surface area contributed by atoms with Crippen LogP contribution in [0.3, 0.4) is 0 Å². The normalized spacial score (nSPS) is 15.4. The third-order valence-electron chi connectivity index (χ3n) is 6.08. The lowest BCUT2D eigenvalue weighted by atomic mass is 10.1. The SMILES string of the molecule is C[C@H](Nc1nccc(-n2cc(NN3CCNCC3)nc2-c2cccc(C(F)(F)F)c2)n1)c1ccccc1. The Bertz CT molecular complexity index is 1330. The summed E-state index contributed by atoms with van der Waals surface area (Å²) in [5.74, 6) is 1.73. The van der Waals surface area contributed by atoms with Crippen molar-refractivity contribution in [2.24, 2.45) is 0 Å². The van der Waals surface area contributed by atoms with Gasteiger partial charge < -0.3 is 16.1 Å². The van der Waals surface area contributed by atoms with E-state index in [2.05, 4.69) is 31.0 Å². The van der Waals surface area contributed by atoms with Crippen LogP contribution in [0.5, 0.6) is 0 Å². The third-order valence-corrected chi connectivity index (χ3v) is 6.08. The molecule has 1 aliphatic heterocycles. The molecule has 0 radical (unpaired) electrons. The summed E-state index contributed by atoms with van der Waals surface area (Å²) in [6.07, 6.45) is -1.11. The maximum atomic E-state index is 13.5. The summed E-state index contributed by atoms with van der Waals surface area (Å²) in [6, 6.07) is 16.7. The van der Waals surface area contributed by atoms with Crippen molar-refractivity contribution in [3.63, 3.8) is 0 Å². The van der Waals surface area contributed by atoms with Crippen LogP contribution in [0.2, 0.25) is 0 Å². The number of hydrogen-bond donors (Lipinski definition) is 3. The molecule has 37 heavy (non-hydrogen) atoms. The zero-order valence-corrected chi connectivity index (χ0v) is 20.2. The highest BCUT2D eigenvalue weighted by atomic mass is 19.4. The zero-order valence-electron chi connectivity index (χ0n) is 20.2. The number of rotatable bonds is 7. The molecule has 3 N–H and O–H groups in total. The van der Waals surface area contributed by atoms with E-state index in [1.165, 1.54) is 6.07 Å². The minimum atomic E-state index is -4.46. The number of aromatic nitrogens is 4. The number of hydrogen-bond acceptors (Lipinski definition) is 7. The molecule has 0 spiro atoms. The Morgan fingerprint density at radius 3 is 2.51 bits per heavy atom. The van der Waals surface area contributed by atoms with Gasteiger partial charge in [-0.3, -0.25) is 4.57 Å². The van der Waals surface area contributed by atoms with E-state index in [9.17, 15) is 13.2 Å². The molecule has 1 saturated heterocycles. The highest BCUT2D eigenvalue weighted by molar-refractivity contribution is 5.62. The highest BCUT2D eigenvalue weighted by Gasteiger charge is 2.31. The van der Waals surface area contributed by atoms with Crippen molar-refractivity contribution in [2.45, 2.75) is 19.1 Å². The highest BCUT2D eigenvalue weighted by Crippen LogP contribution is 2.33. The summed E-state index contributed by atoms with van der Waals surface area (Å²) < 4.78 is 42.0. The van der Waals surface area contributed by atoms with Gasteiger partial charge in [0.15, 0.2) is 5.82 Å². The number of halogens is 3. The predicted octanol–water partition coefficient (Wildman–Crippen LogP) is 4.75. The van der Waals surface area contributed by atoms with Crippen molar-refractivity contribution in [2.75, 3.05) is 36.9 Å². The molecule has 1 fully saturated rings. The van der Waals surface area contributed by atoms with Crippen LogP contribution < -0.4 is 16.1 Å². The van der Waals surface area contributed by atoms with E-state index in [4.69, 9.17) is 0 Å². The molecule has 1 atom stereocenters. The van der Waals surface area contributed by atoms with Crippen molar-refractivity contribution in [3.05, 3.63) is 84.2 Å². The number of piperazine rings is 1. The summed E-state index contributed by atoms with van der Waals surface area (Å²) in [6.45, 7) is 5.20. The first kappa shape index (κ1) is 24.7. The molecule has 0 aliphatic carbocycles. The third kappa shape index (κ3) is 5.89. The lowest BCUT2D eigenvalue weighted by Gasteiger charge is -2.27. The first-order chi connectivity index (χ1) is 17.9. The number of nitrogens with zero attached hydrogens (tertiary/aromatic N) is 5. The number of imidazole rings is 1. The maximum Gasteiger partial charge on any atom is 0.416 e. The fourth-order valence-electron chi connectivity index (χ4n) is 4.16. The first-order valence-electron chi connectivity index (χ1n) is 12.0. The Labute approximate surface area is 212 Å². The van der Waals surface area contributed by atoms with E-state index in [1.54, 1.807) is 29.1 Å². The molecule has 0 saturated carbocycles. The molecule has 2 aromatic heterocycles. The molecule has 11 heteroatoms. The number of nitrogens with one attached hydrogen (secondary N) is 3. The Hall–Kier alpha value is -3.96. The molecule has 3 heterocycles. The summed E-state index contributed by atoms with van der Waals surface area (Å²) in [5.41, 5.74) is 3.94. The largest absolute Gasteiger partial charge is 0.416 e. The van der Waals surface area contributed by atoms with Gasteiger partial charge in [-0.2, -0.15) is 18.2 Å². The van der Waals surface area contributed by atoms with Crippen LogP contribution in [-0.2, 0) is 6.18 Å².